The molecule has 0 spiro atoms. The number of aryl methyl sites for hydroxylation is 2. The maximum absolute atomic E-state index is 5.23. The van der Waals surface area contributed by atoms with Crippen LogP contribution in [0.15, 0.2) is 41.6 Å². The molecule has 3 rings (SSSR count). The van der Waals surface area contributed by atoms with Crippen molar-refractivity contribution in [2.75, 3.05) is 7.11 Å². The minimum atomic E-state index is 0.165. The molecule has 3 aromatic rings. The first-order valence-corrected chi connectivity index (χ1v) is 10.5. The molecule has 0 amide bonds. The van der Waals surface area contributed by atoms with Crippen LogP contribution in [0.1, 0.15) is 43.0 Å². The van der Waals surface area contributed by atoms with Crippen molar-refractivity contribution >= 4 is 11.8 Å². The molecule has 0 saturated heterocycles. The maximum Gasteiger partial charge on any atom is 0.191 e. The van der Waals surface area contributed by atoms with Crippen molar-refractivity contribution in [3.05, 3.63) is 58.7 Å². The van der Waals surface area contributed by atoms with Gasteiger partial charge in [0.2, 0.25) is 0 Å². The van der Waals surface area contributed by atoms with Crippen molar-refractivity contribution in [2.45, 2.75) is 50.9 Å². The third-order valence-corrected chi connectivity index (χ3v) is 6.14. The summed E-state index contributed by atoms with van der Waals surface area (Å²) < 4.78 is 7.29. The third-order valence-electron chi connectivity index (χ3n) is 5.09. The van der Waals surface area contributed by atoms with Crippen LogP contribution in [0.5, 0.6) is 5.75 Å². The zero-order chi connectivity index (χ0) is 20.5. The summed E-state index contributed by atoms with van der Waals surface area (Å²) in [5.41, 5.74) is 6.65. The highest BCUT2D eigenvalue weighted by Crippen LogP contribution is 2.31. The number of ether oxygens (including phenoxy) is 1. The molecule has 2 aromatic carbocycles. The summed E-state index contributed by atoms with van der Waals surface area (Å²) in [5, 5.41) is 9.73. The van der Waals surface area contributed by atoms with Crippen molar-refractivity contribution < 1.29 is 4.74 Å². The van der Waals surface area contributed by atoms with Gasteiger partial charge in [-0.25, -0.2) is 0 Å². The molecule has 0 saturated carbocycles. The second-order valence-corrected chi connectivity index (χ2v) is 9.16. The Morgan fingerprint density at radius 3 is 2.14 bits per heavy atom. The molecule has 4 nitrogen and oxygen atoms in total. The number of nitrogens with zero attached hydrogens (tertiary/aromatic N) is 3. The van der Waals surface area contributed by atoms with Crippen LogP contribution < -0.4 is 4.74 Å². The fourth-order valence-corrected chi connectivity index (χ4v) is 4.33. The summed E-state index contributed by atoms with van der Waals surface area (Å²) in [6, 6.07) is 12.6. The fourth-order valence-electron chi connectivity index (χ4n) is 3.22. The molecule has 0 fully saturated rings. The van der Waals surface area contributed by atoms with E-state index in [9.17, 15) is 0 Å². The second kappa shape index (κ2) is 8.00. The van der Waals surface area contributed by atoms with Gasteiger partial charge in [0.1, 0.15) is 5.75 Å². The third kappa shape index (κ3) is 4.25. The average molecular weight is 396 g/mol. The predicted octanol–water partition coefficient (Wildman–Crippen LogP) is 5.70. The van der Waals surface area contributed by atoms with Crippen LogP contribution in [0.3, 0.4) is 0 Å². The summed E-state index contributed by atoms with van der Waals surface area (Å²) in [7, 11) is 3.69. The Kier molecular flexibility index (Phi) is 5.84. The molecule has 0 radical (unpaired) electrons. The SMILES string of the molecule is COc1ccc(-c2nnc(SCc3c(C)cc(C(C)(C)C)cc3C)n2C)cc1. The highest BCUT2D eigenvalue weighted by molar-refractivity contribution is 7.98. The highest BCUT2D eigenvalue weighted by atomic mass is 32.2. The van der Waals surface area contributed by atoms with Crippen LogP contribution in [0.25, 0.3) is 11.4 Å². The minimum absolute atomic E-state index is 0.165. The molecule has 0 unspecified atom stereocenters. The molecule has 0 bridgehead atoms. The zero-order valence-electron chi connectivity index (χ0n) is 17.8. The number of rotatable bonds is 5. The first-order valence-electron chi connectivity index (χ1n) is 9.48. The summed E-state index contributed by atoms with van der Waals surface area (Å²) >= 11 is 1.73. The predicted molar refractivity (Wildman–Crippen MR) is 117 cm³/mol. The topological polar surface area (TPSA) is 39.9 Å². The van der Waals surface area contributed by atoms with Crippen LogP contribution >= 0.6 is 11.8 Å². The van der Waals surface area contributed by atoms with Gasteiger partial charge in [0.25, 0.3) is 0 Å². The van der Waals surface area contributed by atoms with Gasteiger partial charge in [-0.2, -0.15) is 0 Å². The summed E-state index contributed by atoms with van der Waals surface area (Å²) in [5.74, 6) is 2.59. The van der Waals surface area contributed by atoms with Gasteiger partial charge in [-0.05, 0) is 65.8 Å². The van der Waals surface area contributed by atoms with E-state index in [0.29, 0.717) is 0 Å². The van der Waals surface area contributed by atoms with Gasteiger partial charge in [-0.3, -0.25) is 0 Å². The molecular weight excluding hydrogens is 366 g/mol. The molecule has 1 heterocycles. The zero-order valence-corrected chi connectivity index (χ0v) is 18.6. The number of aromatic nitrogens is 3. The number of hydrogen-bond acceptors (Lipinski definition) is 4. The molecule has 0 aliphatic rings. The standard InChI is InChI=1S/C23H29N3OS/c1-15-12-18(23(3,4)5)13-16(2)20(15)14-28-22-25-24-21(26(22)6)17-8-10-19(27-7)11-9-17/h8-13H,14H2,1-7H3. The van der Waals surface area contributed by atoms with E-state index in [2.05, 4.69) is 61.5 Å². The second-order valence-electron chi connectivity index (χ2n) is 8.22. The Balaban J connectivity index is 1.79. The van der Waals surface area contributed by atoms with E-state index in [1.807, 2.05) is 31.3 Å². The Morgan fingerprint density at radius 1 is 1.00 bits per heavy atom. The van der Waals surface area contributed by atoms with Crippen LogP contribution in [0.4, 0.5) is 0 Å². The quantitative estimate of drug-likeness (QED) is 0.520. The van der Waals surface area contributed by atoms with Gasteiger partial charge >= 0.3 is 0 Å². The molecule has 0 atom stereocenters. The Labute approximate surface area is 172 Å². The lowest BCUT2D eigenvalue weighted by Crippen LogP contribution is -2.12. The number of benzene rings is 2. The smallest absolute Gasteiger partial charge is 0.191 e. The van der Waals surface area contributed by atoms with Crippen molar-refractivity contribution in [1.29, 1.82) is 0 Å². The van der Waals surface area contributed by atoms with Gasteiger partial charge in [-0.1, -0.05) is 44.7 Å². The molecule has 148 valence electrons. The monoisotopic (exact) mass is 395 g/mol. The van der Waals surface area contributed by atoms with Crippen LogP contribution in [0, 0.1) is 13.8 Å². The molecular formula is C23H29N3OS. The van der Waals surface area contributed by atoms with Crippen molar-refractivity contribution in [1.82, 2.24) is 14.8 Å². The van der Waals surface area contributed by atoms with Crippen LogP contribution in [-0.4, -0.2) is 21.9 Å². The van der Waals surface area contributed by atoms with Crippen molar-refractivity contribution in [3.8, 4) is 17.1 Å². The fraction of sp³-hybridized carbons (Fsp3) is 0.391. The van der Waals surface area contributed by atoms with E-state index in [0.717, 1.165) is 28.0 Å². The minimum Gasteiger partial charge on any atom is -0.497 e. The molecule has 0 aliphatic carbocycles. The Morgan fingerprint density at radius 2 is 1.61 bits per heavy atom. The lowest BCUT2D eigenvalue weighted by atomic mass is 9.84. The van der Waals surface area contributed by atoms with E-state index in [-0.39, 0.29) is 5.41 Å². The average Bonchev–Trinajstić information content (AvgIpc) is 3.01. The van der Waals surface area contributed by atoms with E-state index in [1.54, 1.807) is 18.9 Å². The van der Waals surface area contributed by atoms with E-state index in [1.165, 1.54) is 22.3 Å². The highest BCUT2D eigenvalue weighted by Gasteiger charge is 2.17. The molecule has 28 heavy (non-hydrogen) atoms. The summed E-state index contributed by atoms with van der Waals surface area (Å²) in [4.78, 5) is 0. The number of hydrogen-bond donors (Lipinski definition) is 0. The van der Waals surface area contributed by atoms with Gasteiger partial charge in [0, 0.05) is 18.4 Å². The van der Waals surface area contributed by atoms with Crippen LogP contribution in [0.2, 0.25) is 0 Å². The van der Waals surface area contributed by atoms with Gasteiger partial charge < -0.3 is 9.30 Å². The maximum atomic E-state index is 5.23. The summed E-state index contributed by atoms with van der Waals surface area (Å²) in [6.45, 7) is 11.2. The van der Waals surface area contributed by atoms with Gasteiger partial charge in [0.05, 0.1) is 7.11 Å². The lowest BCUT2D eigenvalue weighted by Gasteiger charge is -2.22. The van der Waals surface area contributed by atoms with E-state index in [4.69, 9.17) is 4.74 Å². The largest absolute Gasteiger partial charge is 0.497 e. The summed E-state index contributed by atoms with van der Waals surface area (Å²) in [6.07, 6.45) is 0. The van der Waals surface area contributed by atoms with Crippen molar-refractivity contribution in [3.63, 3.8) is 0 Å². The number of methoxy groups -OCH3 is 1. The van der Waals surface area contributed by atoms with E-state index < -0.39 is 0 Å². The molecule has 0 N–H and O–H groups in total. The normalized spacial score (nSPS) is 11.7. The first-order chi connectivity index (χ1) is 13.2. The van der Waals surface area contributed by atoms with Crippen molar-refractivity contribution in [2.24, 2.45) is 7.05 Å². The Bertz CT molecular complexity index is 945. The van der Waals surface area contributed by atoms with Gasteiger partial charge in [0.15, 0.2) is 11.0 Å². The van der Waals surface area contributed by atoms with Gasteiger partial charge in [-0.15, -0.1) is 10.2 Å². The lowest BCUT2D eigenvalue weighted by molar-refractivity contribution is 0.415. The molecule has 5 heteroatoms. The molecule has 0 aliphatic heterocycles. The Hall–Kier alpha value is -2.27. The number of thioether (sulfide) groups is 1. The first kappa shape index (κ1) is 20.5. The van der Waals surface area contributed by atoms with Crippen LogP contribution in [-0.2, 0) is 18.2 Å². The molecule has 1 aromatic heterocycles. The van der Waals surface area contributed by atoms with E-state index >= 15 is 0 Å².